The molecule has 0 aliphatic heterocycles. The van der Waals surface area contributed by atoms with Gasteiger partial charge in [-0.05, 0) is 66.7 Å². The van der Waals surface area contributed by atoms with Crippen molar-refractivity contribution in [2.24, 2.45) is 11.7 Å². The average Bonchev–Trinajstić information content (AvgIpc) is 3.25. The summed E-state index contributed by atoms with van der Waals surface area (Å²) >= 11 is 0.832. The highest BCUT2D eigenvalue weighted by atomic mass is 32.1. The fourth-order valence-corrected chi connectivity index (χ4v) is 5.52. The van der Waals surface area contributed by atoms with Crippen LogP contribution in [-0.4, -0.2) is 34.7 Å². The van der Waals surface area contributed by atoms with Gasteiger partial charge in [-0.3, -0.25) is 19.3 Å². The lowest BCUT2D eigenvalue weighted by Crippen LogP contribution is -2.50. The molecule has 196 valence electrons. The van der Waals surface area contributed by atoms with Crippen LogP contribution >= 0.6 is 11.5 Å². The number of hydrogen-bond acceptors (Lipinski definition) is 6. The summed E-state index contributed by atoms with van der Waals surface area (Å²) in [6.45, 7) is 6.72. The zero-order valence-electron chi connectivity index (χ0n) is 21.6. The molecular formula is C27H39N5O3S. The standard InChI is InChI=1S/C27H39N5O3S/c1-4-8-21(26(34)30-16-15-17(2)3)32(27(35)24-22(28)23(25(29)33)31-36-24)20-13-11-19(12-14-20)18-9-6-5-7-10-18/h11-14,17-18,21H,4-10,15-16,28H2,1-3H3,(H2,29,33)(H,30,34)/t21-/m0/s1. The van der Waals surface area contributed by atoms with Gasteiger partial charge in [0.1, 0.15) is 10.9 Å². The maximum absolute atomic E-state index is 13.9. The Morgan fingerprint density at radius 1 is 1.11 bits per heavy atom. The number of aromatic nitrogens is 1. The van der Waals surface area contributed by atoms with Crippen molar-refractivity contribution in [2.45, 2.75) is 84.1 Å². The van der Waals surface area contributed by atoms with Gasteiger partial charge in [-0.15, -0.1) is 0 Å². The van der Waals surface area contributed by atoms with Crippen LogP contribution in [0.3, 0.4) is 0 Å². The van der Waals surface area contributed by atoms with Crippen molar-refractivity contribution >= 4 is 40.6 Å². The SMILES string of the molecule is CCC[C@@H](C(=O)NCCC(C)C)N(C(=O)c1snc(C(N)=O)c1N)c1ccc(C2CCCCC2)cc1. The van der Waals surface area contributed by atoms with Crippen LogP contribution in [0.2, 0.25) is 0 Å². The van der Waals surface area contributed by atoms with Gasteiger partial charge in [0.05, 0.1) is 5.69 Å². The molecule has 0 saturated heterocycles. The molecule has 0 spiro atoms. The first-order valence-electron chi connectivity index (χ1n) is 13.0. The van der Waals surface area contributed by atoms with Crippen molar-refractivity contribution in [3.8, 4) is 0 Å². The number of nitrogens with two attached hydrogens (primary N) is 2. The summed E-state index contributed by atoms with van der Waals surface area (Å²) < 4.78 is 4.00. The predicted octanol–water partition coefficient (Wildman–Crippen LogP) is 4.85. The molecule has 0 radical (unpaired) electrons. The number of rotatable bonds is 11. The lowest BCUT2D eigenvalue weighted by molar-refractivity contribution is -0.122. The van der Waals surface area contributed by atoms with Crippen LogP contribution in [0.25, 0.3) is 0 Å². The fourth-order valence-electron chi connectivity index (χ4n) is 4.77. The molecule has 3 rings (SSSR count). The molecule has 9 heteroatoms. The van der Waals surface area contributed by atoms with Gasteiger partial charge in [-0.2, -0.15) is 4.37 Å². The summed E-state index contributed by atoms with van der Waals surface area (Å²) in [7, 11) is 0. The first-order valence-corrected chi connectivity index (χ1v) is 13.8. The lowest BCUT2D eigenvalue weighted by atomic mass is 9.84. The van der Waals surface area contributed by atoms with Gasteiger partial charge in [-0.1, -0.05) is 58.6 Å². The first-order chi connectivity index (χ1) is 17.2. The van der Waals surface area contributed by atoms with E-state index in [1.54, 1.807) is 0 Å². The van der Waals surface area contributed by atoms with E-state index in [4.69, 9.17) is 11.5 Å². The number of amides is 3. The van der Waals surface area contributed by atoms with E-state index in [2.05, 4.69) is 35.7 Å². The smallest absolute Gasteiger partial charge is 0.272 e. The minimum absolute atomic E-state index is 0.0446. The number of nitrogens with zero attached hydrogens (tertiary/aromatic N) is 2. The minimum Gasteiger partial charge on any atom is -0.395 e. The van der Waals surface area contributed by atoms with Crippen LogP contribution in [-0.2, 0) is 4.79 Å². The highest BCUT2D eigenvalue weighted by molar-refractivity contribution is 7.09. The number of carbonyl (C=O) groups is 3. The molecule has 0 bridgehead atoms. The van der Waals surface area contributed by atoms with Gasteiger partial charge in [-0.25, -0.2) is 0 Å². The summed E-state index contributed by atoms with van der Waals surface area (Å²) in [5, 5.41) is 3.01. The van der Waals surface area contributed by atoms with Gasteiger partial charge in [0.15, 0.2) is 5.69 Å². The molecule has 1 aliphatic rings. The number of carbonyl (C=O) groups excluding carboxylic acids is 3. The minimum atomic E-state index is -0.789. The van der Waals surface area contributed by atoms with Gasteiger partial charge >= 0.3 is 0 Å². The van der Waals surface area contributed by atoms with E-state index in [1.165, 1.54) is 42.6 Å². The summed E-state index contributed by atoms with van der Waals surface area (Å²) in [6, 6.07) is 7.23. The molecule has 0 unspecified atom stereocenters. The maximum atomic E-state index is 13.9. The normalized spacial score (nSPS) is 15.0. The van der Waals surface area contributed by atoms with E-state index < -0.39 is 17.9 Å². The summed E-state index contributed by atoms with van der Waals surface area (Å²) in [6.07, 6.45) is 8.13. The van der Waals surface area contributed by atoms with Crippen LogP contribution in [0.4, 0.5) is 11.4 Å². The number of nitrogen functional groups attached to an aromatic ring is 1. The van der Waals surface area contributed by atoms with Gasteiger partial charge < -0.3 is 16.8 Å². The van der Waals surface area contributed by atoms with Gasteiger partial charge in [0.2, 0.25) is 5.91 Å². The molecule has 3 amide bonds. The number of benzene rings is 1. The average molecular weight is 514 g/mol. The molecule has 2 aromatic rings. The van der Waals surface area contributed by atoms with E-state index in [9.17, 15) is 14.4 Å². The Balaban J connectivity index is 1.98. The van der Waals surface area contributed by atoms with Crippen molar-refractivity contribution < 1.29 is 14.4 Å². The van der Waals surface area contributed by atoms with Crippen LogP contribution in [0.5, 0.6) is 0 Å². The van der Waals surface area contributed by atoms with Crippen molar-refractivity contribution in [1.29, 1.82) is 0 Å². The third kappa shape index (κ3) is 6.63. The summed E-state index contributed by atoms with van der Waals surface area (Å²) in [5.74, 6) is -0.481. The summed E-state index contributed by atoms with van der Waals surface area (Å²) in [4.78, 5) is 40.5. The van der Waals surface area contributed by atoms with Gasteiger partial charge in [0.25, 0.3) is 11.8 Å². The molecule has 8 nitrogen and oxygen atoms in total. The van der Waals surface area contributed by atoms with E-state index in [1.807, 2.05) is 19.1 Å². The highest BCUT2D eigenvalue weighted by Gasteiger charge is 2.34. The van der Waals surface area contributed by atoms with E-state index in [-0.39, 0.29) is 22.2 Å². The molecule has 5 N–H and O–H groups in total. The molecule has 1 atom stereocenters. The number of anilines is 2. The topological polar surface area (TPSA) is 131 Å². The van der Waals surface area contributed by atoms with Crippen molar-refractivity contribution in [3.05, 3.63) is 40.4 Å². The van der Waals surface area contributed by atoms with Crippen LogP contribution in [0.1, 0.15) is 104 Å². The molecule has 1 saturated carbocycles. The number of primary amides is 1. The number of nitrogens with one attached hydrogen (secondary N) is 1. The molecule has 1 aromatic heterocycles. The molecule has 1 fully saturated rings. The highest BCUT2D eigenvalue weighted by Crippen LogP contribution is 2.34. The third-order valence-electron chi connectivity index (χ3n) is 6.82. The molecule has 1 aromatic carbocycles. The number of hydrogen-bond donors (Lipinski definition) is 3. The van der Waals surface area contributed by atoms with E-state index in [0.717, 1.165) is 18.0 Å². The molecule has 36 heavy (non-hydrogen) atoms. The van der Waals surface area contributed by atoms with Crippen molar-refractivity contribution in [1.82, 2.24) is 9.69 Å². The zero-order valence-corrected chi connectivity index (χ0v) is 22.4. The van der Waals surface area contributed by atoms with Crippen molar-refractivity contribution in [3.63, 3.8) is 0 Å². The summed E-state index contributed by atoms with van der Waals surface area (Å²) in [5.41, 5.74) is 13.2. The Bertz CT molecular complexity index is 1040. The second kappa shape index (κ2) is 12.9. The Morgan fingerprint density at radius 3 is 2.33 bits per heavy atom. The van der Waals surface area contributed by atoms with Crippen LogP contribution in [0.15, 0.2) is 24.3 Å². The van der Waals surface area contributed by atoms with E-state index >= 15 is 0 Å². The first kappa shape index (κ1) is 27.6. The Labute approximate surface area is 218 Å². The molecule has 1 aliphatic carbocycles. The maximum Gasteiger partial charge on any atom is 0.272 e. The van der Waals surface area contributed by atoms with Crippen LogP contribution in [0, 0.1) is 5.92 Å². The van der Waals surface area contributed by atoms with Crippen LogP contribution < -0.4 is 21.7 Å². The second-order valence-corrected chi connectivity index (χ2v) is 10.8. The Kier molecular flexibility index (Phi) is 9.87. The third-order valence-corrected chi connectivity index (χ3v) is 7.67. The monoisotopic (exact) mass is 513 g/mol. The fraction of sp³-hybridized carbons (Fsp3) is 0.556. The predicted molar refractivity (Wildman–Crippen MR) is 145 cm³/mol. The Morgan fingerprint density at radius 2 is 1.78 bits per heavy atom. The quantitative estimate of drug-likeness (QED) is 0.395. The van der Waals surface area contributed by atoms with E-state index in [0.29, 0.717) is 36.9 Å². The zero-order chi connectivity index (χ0) is 26.2. The lowest BCUT2D eigenvalue weighted by Gasteiger charge is -2.31. The Hall–Kier alpha value is -2.94. The largest absolute Gasteiger partial charge is 0.395 e. The van der Waals surface area contributed by atoms with Crippen molar-refractivity contribution in [2.75, 3.05) is 17.2 Å². The second-order valence-electron chi connectivity index (χ2n) is 10.0. The molecule has 1 heterocycles. The molecular weight excluding hydrogens is 474 g/mol. The van der Waals surface area contributed by atoms with Gasteiger partial charge in [0, 0.05) is 12.2 Å².